The largest absolute Gasteiger partial charge is 0.348 e. The molecule has 0 radical (unpaired) electrons. The lowest BCUT2D eigenvalue weighted by Crippen LogP contribution is -2.23. The number of aromatic nitrogens is 2. The fraction of sp³-hybridized carbons (Fsp3) is 0.0625. The van der Waals surface area contributed by atoms with E-state index in [0.717, 1.165) is 11.6 Å². The molecular formula is C16H11FN4OS. The molecule has 0 fully saturated rings. The molecule has 0 saturated carbocycles. The summed E-state index contributed by atoms with van der Waals surface area (Å²) in [6, 6.07) is 11.3. The minimum Gasteiger partial charge on any atom is -0.348 e. The summed E-state index contributed by atoms with van der Waals surface area (Å²) in [5.74, 6) is -0.935. The fourth-order valence-electron chi connectivity index (χ4n) is 2.26. The van der Waals surface area contributed by atoms with Crippen LogP contribution in [0, 0.1) is 21.9 Å². The highest BCUT2D eigenvalue weighted by molar-refractivity contribution is 7.71. The Kier molecular flexibility index (Phi) is 3.91. The van der Waals surface area contributed by atoms with E-state index in [2.05, 4.69) is 15.3 Å². The van der Waals surface area contributed by atoms with Crippen molar-refractivity contribution in [3.8, 4) is 6.07 Å². The Hall–Kier alpha value is -2.98. The van der Waals surface area contributed by atoms with E-state index in [-0.39, 0.29) is 12.1 Å². The van der Waals surface area contributed by atoms with Crippen LogP contribution >= 0.6 is 12.2 Å². The summed E-state index contributed by atoms with van der Waals surface area (Å²) in [4.78, 5) is 18.0. The molecule has 1 heterocycles. The van der Waals surface area contributed by atoms with Crippen molar-refractivity contribution < 1.29 is 9.18 Å². The third kappa shape index (κ3) is 3.12. The van der Waals surface area contributed by atoms with Gasteiger partial charge >= 0.3 is 0 Å². The van der Waals surface area contributed by atoms with E-state index in [9.17, 15) is 9.18 Å². The van der Waals surface area contributed by atoms with E-state index in [0.29, 0.717) is 21.4 Å². The molecule has 0 spiro atoms. The maximum Gasteiger partial charge on any atom is 0.253 e. The Balaban J connectivity index is 1.83. The molecule has 114 valence electrons. The second kappa shape index (κ2) is 6.02. The number of hydrogen-bond donors (Lipinski definition) is 3. The molecule has 0 saturated heterocycles. The average molecular weight is 326 g/mol. The van der Waals surface area contributed by atoms with Gasteiger partial charge in [0.25, 0.3) is 5.91 Å². The Morgan fingerprint density at radius 1 is 1.26 bits per heavy atom. The molecule has 0 aliphatic heterocycles. The second-order valence-electron chi connectivity index (χ2n) is 4.95. The van der Waals surface area contributed by atoms with Gasteiger partial charge in [-0.15, -0.1) is 0 Å². The van der Waals surface area contributed by atoms with Gasteiger partial charge in [-0.3, -0.25) is 4.79 Å². The van der Waals surface area contributed by atoms with Crippen LogP contribution < -0.4 is 5.32 Å². The summed E-state index contributed by atoms with van der Waals surface area (Å²) in [5.41, 5.74) is 2.48. The standard InChI is InChI=1S/C16H11FN4OS/c17-11-5-12(14-13(6-11)20-16(23)21-14)15(22)19-8-10-3-1-9(7-18)2-4-10/h1-6H,8H2,(H,19,22)(H2,20,21,23). The summed E-state index contributed by atoms with van der Waals surface area (Å²) in [5, 5.41) is 11.5. The molecule has 3 N–H and O–H groups in total. The molecule has 23 heavy (non-hydrogen) atoms. The number of nitrogens with one attached hydrogen (secondary N) is 3. The lowest BCUT2D eigenvalue weighted by atomic mass is 10.1. The van der Waals surface area contributed by atoms with Crippen molar-refractivity contribution in [2.75, 3.05) is 0 Å². The first-order chi connectivity index (χ1) is 11.1. The van der Waals surface area contributed by atoms with Crippen LogP contribution in [0.2, 0.25) is 0 Å². The molecular weight excluding hydrogens is 315 g/mol. The number of halogens is 1. The van der Waals surface area contributed by atoms with Gasteiger partial charge in [0.2, 0.25) is 0 Å². The zero-order chi connectivity index (χ0) is 16.4. The molecule has 7 heteroatoms. The van der Waals surface area contributed by atoms with E-state index in [1.807, 2.05) is 6.07 Å². The minimum absolute atomic E-state index is 0.181. The number of benzene rings is 2. The van der Waals surface area contributed by atoms with Gasteiger partial charge in [0.15, 0.2) is 4.77 Å². The van der Waals surface area contributed by atoms with Gasteiger partial charge in [-0.25, -0.2) is 4.39 Å². The second-order valence-corrected chi connectivity index (χ2v) is 5.35. The molecule has 2 aromatic carbocycles. The van der Waals surface area contributed by atoms with Crippen LogP contribution in [0.5, 0.6) is 0 Å². The molecule has 1 aromatic heterocycles. The molecule has 1 amide bonds. The third-order valence-electron chi connectivity index (χ3n) is 3.37. The Bertz CT molecular complexity index is 982. The predicted molar refractivity (Wildman–Crippen MR) is 85.8 cm³/mol. The van der Waals surface area contributed by atoms with Crippen LogP contribution in [0.25, 0.3) is 11.0 Å². The third-order valence-corrected chi connectivity index (χ3v) is 3.57. The van der Waals surface area contributed by atoms with E-state index >= 15 is 0 Å². The van der Waals surface area contributed by atoms with Crippen LogP contribution in [-0.4, -0.2) is 15.9 Å². The molecule has 3 aromatic rings. The summed E-state index contributed by atoms with van der Waals surface area (Å²) in [7, 11) is 0. The lowest BCUT2D eigenvalue weighted by Gasteiger charge is -2.07. The summed E-state index contributed by atoms with van der Waals surface area (Å²) < 4.78 is 14.0. The van der Waals surface area contributed by atoms with Gasteiger partial charge < -0.3 is 15.3 Å². The SMILES string of the molecule is N#Cc1ccc(CNC(=O)c2cc(F)cc3[nH]c(=S)[nH]c23)cc1. The molecule has 0 aliphatic rings. The Morgan fingerprint density at radius 3 is 2.70 bits per heavy atom. The number of aromatic amines is 2. The van der Waals surface area contributed by atoms with Crippen LogP contribution in [0.1, 0.15) is 21.5 Å². The Morgan fingerprint density at radius 2 is 2.00 bits per heavy atom. The summed E-state index contributed by atoms with van der Waals surface area (Å²) >= 11 is 4.98. The number of amides is 1. The van der Waals surface area contributed by atoms with Crippen molar-refractivity contribution >= 4 is 29.2 Å². The smallest absolute Gasteiger partial charge is 0.253 e. The normalized spacial score (nSPS) is 10.4. The van der Waals surface area contributed by atoms with Crippen LogP contribution in [-0.2, 0) is 6.54 Å². The molecule has 5 nitrogen and oxygen atoms in total. The quantitative estimate of drug-likeness (QED) is 0.646. The molecule has 3 rings (SSSR count). The van der Waals surface area contributed by atoms with Crippen molar-refractivity contribution in [1.29, 1.82) is 5.26 Å². The number of imidazole rings is 1. The molecule has 0 atom stereocenters. The van der Waals surface area contributed by atoms with Gasteiger partial charge in [-0.2, -0.15) is 5.26 Å². The predicted octanol–water partition coefficient (Wildman–Crippen LogP) is 3.17. The molecule has 0 bridgehead atoms. The van der Waals surface area contributed by atoms with Crippen molar-refractivity contribution in [1.82, 2.24) is 15.3 Å². The van der Waals surface area contributed by atoms with E-state index in [1.54, 1.807) is 24.3 Å². The zero-order valence-corrected chi connectivity index (χ0v) is 12.6. The zero-order valence-electron chi connectivity index (χ0n) is 11.8. The average Bonchev–Trinajstić information content (AvgIpc) is 2.92. The monoisotopic (exact) mass is 326 g/mol. The molecule has 0 unspecified atom stereocenters. The highest BCUT2D eigenvalue weighted by Gasteiger charge is 2.13. The van der Waals surface area contributed by atoms with Gasteiger partial charge in [0.05, 0.1) is 28.2 Å². The minimum atomic E-state index is -0.522. The van der Waals surface area contributed by atoms with Gasteiger partial charge in [0.1, 0.15) is 5.82 Å². The number of H-pyrrole nitrogens is 2. The van der Waals surface area contributed by atoms with Crippen molar-refractivity contribution in [3.05, 3.63) is 63.7 Å². The number of rotatable bonds is 3. The van der Waals surface area contributed by atoms with Crippen molar-refractivity contribution in [2.45, 2.75) is 6.54 Å². The number of carbonyl (C=O) groups is 1. The fourth-order valence-corrected chi connectivity index (χ4v) is 2.47. The van der Waals surface area contributed by atoms with E-state index < -0.39 is 11.7 Å². The summed E-state index contributed by atoms with van der Waals surface area (Å²) in [6.45, 7) is 0.272. The Labute approximate surface area is 135 Å². The van der Waals surface area contributed by atoms with Crippen molar-refractivity contribution in [2.24, 2.45) is 0 Å². The maximum atomic E-state index is 13.6. The topological polar surface area (TPSA) is 84.5 Å². The first-order valence-corrected chi connectivity index (χ1v) is 7.16. The van der Waals surface area contributed by atoms with Crippen LogP contribution in [0.4, 0.5) is 4.39 Å². The highest BCUT2D eigenvalue weighted by Crippen LogP contribution is 2.18. The van der Waals surface area contributed by atoms with Crippen molar-refractivity contribution in [3.63, 3.8) is 0 Å². The number of nitrogens with zero attached hydrogens (tertiary/aromatic N) is 1. The van der Waals surface area contributed by atoms with Gasteiger partial charge in [0, 0.05) is 6.54 Å². The van der Waals surface area contributed by atoms with Gasteiger partial charge in [-0.1, -0.05) is 12.1 Å². The first-order valence-electron chi connectivity index (χ1n) is 6.75. The van der Waals surface area contributed by atoms with E-state index in [1.165, 1.54) is 6.07 Å². The lowest BCUT2D eigenvalue weighted by molar-refractivity contribution is 0.0952. The summed E-state index contributed by atoms with van der Waals surface area (Å²) in [6.07, 6.45) is 0. The van der Waals surface area contributed by atoms with Crippen LogP contribution in [0.3, 0.4) is 0 Å². The van der Waals surface area contributed by atoms with Gasteiger partial charge in [-0.05, 0) is 42.0 Å². The highest BCUT2D eigenvalue weighted by atomic mass is 32.1. The molecule has 0 aliphatic carbocycles. The first kappa shape index (κ1) is 14.9. The number of hydrogen-bond acceptors (Lipinski definition) is 3. The number of nitriles is 1. The van der Waals surface area contributed by atoms with Crippen LogP contribution in [0.15, 0.2) is 36.4 Å². The number of fused-ring (bicyclic) bond motifs is 1. The van der Waals surface area contributed by atoms with E-state index in [4.69, 9.17) is 17.5 Å². The maximum absolute atomic E-state index is 13.6. The number of carbonyl (C=O) groups excluding carboxylic acids is 1.